The highest BCUT2D eigenvalue weighted by atomic mass is 17.3. The molecule has 2 saturated carbocycles. The molecule has 0 radical (unpaired) electrons. The Bertz CT molecular complexity index is 1460. The van der Waals surface area contributed by atoms with Gasteiger partial charge in [0.2, 0.25) is 0 Å². The molecule has 1 saturated heterocycles. The standard InChI is InChI=1S/C40H42N2O2/c1-3-15-29(16-4-1)27-41-35-23-11-7-19-31(35)39(32-20-8-12-24-36(32)41)40(44-43-39)33-21-9-13-25-37(33)42(28-30-17-5-2-6-18-30)38-26-14-10-22-34(38)40/h7-14,19-26,29-30H,1-6,15-18,27-28H2. The van der Waals surface area contributed by atoms with Gasteiger partial charge in [0, 0.05) is 58.1 Å². The average Bonchev–Trinajstić information content (AvgIpc) is 3.08. The van der Waals surface area contributed by atoms with Crippen LogP contribution in [0.3, 0.4) is 0 Å². The van der Waals surface area contributed by atoms with Crippen molar-refractivity contribution in [3.05, 3.63) is 119 Å². The number of nitrogens with zero attached hydrogens (tertiary/aromatic N) is 2. The highest BCUT2D eigenvalue weighted by molar-refractivity contribution is 5.85. The zero-order valence-electron chi connectivity index (χ0n) is 25.6. The third-order valence-corrected chi connectivity index (χ3v) is 11.4. The largest absolute Gasteiger partial charge is 0.341 e. The zero-order valence-corrected chi connectivity index (χ0v) is 25.6. The third kappa shape index (κ3) is 3.71. The lowest BCUT2D eigenvalue weighted by atomic mass is 9.61. The molecule has 0 atom stereocenters. The minimum atomic E-state index is -0.813. The summed E-state index contributed by atoms with van der Waals surface area (Å²) in [6.45, 7) is 2.08. The molecule has 0 bridgehead atoms. The van der Waals surface area contributed by atoms with Crippen LogP contribution in [0.2, 0.25) is 0 Å². The van der Waals surface area contributed by atoms with Crippen LogP contribution in [0, 0.1) is 11.8 Å². The lowest BCUT2D eigenvalue weighted by Gasteiger charge is -2.62. The molecular formula is C40H42N2O2. The Morgan fingerprint density at radius 2 is 0.727 bits per heavy atom. The monoisotopic (exact) mass is 582 g/mol. The van der Waals surface area contributed by atoms with Crippen molar-refractivity contribution < 1.29 is 9.78 Å². The molecule has 3 fully saturated rings. The quantitative estimate of drug-likeness (QED) is 0.224. The number of anilines is 4. The van der Waals surface area contributed by atoms with Crippen LogP contribution < -0.4 is 9.80 Å². The Labute approximate surface area is 261 Å². The maximum absolute atomic E-state index is 6.70. The van der Waals surface area contributed by atoms with Crippen LogP contribution in [0.15, 0.2) is 97.1 Å². The van der Waals surface area contributed by atoms with E-state index in [2.05, 4.69) is 107 Å². The van der Waals surface area contributed by atoms with Crippen LogP contribution >= 0.6 is 0 Å². The van der Waals surface area contributed by atoms with Gasteiger partial charge in [0.15, 0.2) is 11.2 Å². The molecule has 4 nitrogen and oxygen atoms in total. The number of benzene rings is 4. The first-order valence-electron chi connectivity index (χ1n) is 17.1. The van der Waals surface area contributed by atoms with Crippen LogP contribution in [0.25, 0.3) is 0 Å². The topological polar surface area (TPSA) is 24.9 Å². The lowest BCUT2D eigenvalue weighted by molar-refractivity contribution is -0.546. The molecule has 0 N–H and O–H groups in total. The summed E-state index contributed by atoms with van der Waals surface area (Å²) in [5, 5.41) is 0. The molecule has 4 heteroatoms. The van der Waals surface area contributed by atoms with E-state index in [0.717, 1.165) is 13.1 Å². The van der Waals surface area contributed by atoms with Gasteiger partial charge in [0.05, 0.1) is 0 Å². The molecule has 224 valence electrons. The smallest absolute Gasteiger partial charge is 0.198 e. The van der Waals surface area contributed by atoms with Crippen LogP contribution in [0.1, 0.15) is 86.5 Å². The van der Waals surface area contributed by atoms with Gasteiger partial charge < -0.3 is 9.80 Å². The van der Waals surface area contributed by atoms with Crippen molar-refractivity contribution in [2.24, 2.45) is 11.8 Å². The number of para-hydroxylation sites is 4. The second-order valence-corrected chi connectivity index (χ2v) is 13.8. The van der Waals surface area contributed by atoms with E-state index in [9.17, 15) is 0 Å². The van der Waals surface area contributed by atoms with Gasteiger partial charge in [-0.15, -0.1) is 0 Å². The fourth-order valence-corrected chi connectivity index (χ4v) is 9.37. The minimum absolute atomic E-state index is 0.705. The van der Waals surface area contributed by atoms with Gasteiger partial charge in [0.1, 0.15) is 0 Å². The Morgan fingerprint density at radius 1 is 0.432 bits per heavy atom. The third-order valence-electron chi connectivity index (χ3n) is 11.4. The summed E-state index contributed by atoms with van der Waals surface area (Å²) < 4.78 is 0. The van der Waals surface area contributed by atoms with E-state index in [4.69, 9.17) is 9.78 Å². The molecule has 3 aliphatic heterocycles. The number of hydrogen-bond donors (Lipinski definition) is 0. The highest BCUT2D eigenvalue weighted by Gasteiger charge is 2.73. The van der Waals surface area contributed by atoms with E-state index in [1.807, 2.05) is 0 Å². The SMILES string of the molecule is c1ccc2c(c1)N(CC1CCCCC1)c1ccccc1C21OOC12c1ccccc1N(CC1CCCCC1)c1ccccc12. The second kappa shape index (κ2) is 10.5. The molecule has 0 aromatic heterocycles. The summed E-state index contributed by atoms with van der Waals surface area (Å²) in [5.41, 5.74) is 8.17. The van der Waals surface area contributed by atoms with Crippen molar-refractivity contribution in [3.8, 4) is 0 Å². The Morgan fingerprint density at radius 3 is 1.02 bits per heavy atom. The van der Waals surface area contributed by atoms with E-state index in [1.165, 1.54) is 109 Å². The lowest BCUT2D eigenvalue weighted by Crippen LogP contribution is -2.66. The fourth-order valence-electron chi connectivity index (χ4n) is 9.37. The molecule has 3 heterocycles. The number of fused-ring (bicyclic) bond motifs is 9. The summed E-state index contributed by atoms with van der Waals surface area (Å²) in [7, 11) is 0. The molecule has 44 heavy (non-hydrogen) atoms. The van der Waals surface area contributed by atoms with Crippen molar-refractivity contribution in [2.45, 2.75) is 75.4 Å². The van der Waals surface area contributed by atoms with E-state index >= 15 is 0 Å². The molecule has 9 rings (SSSR count). The van der Waals surface area contributed by atoms with Gasteiger partial charge in [-0.2, -0.15) is 0 Å². The molecule has 4 aromatic rings. The van der Waals surface area contributed by atoms with Gasteiger partial charge in [-0.1, -0.05) is 111 Å². The molecule has 4 aromatic carbocycles. The number of hydrogen-bond acceptors (Lipinski definition) is 4. The molecule has 0 unspecified atom stereocenters. The first-order chi connectivity index (χ1) is 21.8. The van der Waals surface area contributed by atoms with Crippen LogP contribution in [0.4, 0.5) is 22.7 Å². The molecule has 5 aliphatic rings. The molecule has 2 aliphatic carbocycles. The average molecular weight is 583 g/mol. The van der Waals surface area contributed by atoms with Crippen molar-refractivity contribution in [3.63, 3.8) is 0 Å². The minimum Gasteiger partial charge on any atom is -0.341 e. The van der Waals surface area contributed by atoms with Crippen molar-refractivity contribution in [1.82, 2.24) is 0 Å². The predicted molar refractivity (Wildman–Crippen MR) is 177 cm³/mol. The second-order valence-electron chi connectivity index (χ2n) is 13.8. The Hall–Kier alpha value is -3.60. The molecule has 2 spiro atoms. The van der Waals surface area contributed by atoms with Gasteiger partial charge in [-0.05, 0) is 61.8 Å². The van der Waals surface area contributed by atoms with Gasteiger partial charge in [-0.3, -0.25) is 0 Å². The van der Waals surface area contributed by atoms with Crippen molar-refractivity contribution >= 4 is 22.7 Å². The van der Waals surface area contributed by atoms with E-state index in [1.54, 1.807) is 0 Å². The zero-order chi connectivity index (χ0) is 29.1. The van der Waals surface area contributed by atoms with Crippen LogP contribution in [-0.4, -0.2) is 13.1 Å². The van der Waals surface area contributed by atoms with Gasteiger partial charge >= 0.3 is 0 Å². The van der Waals surface area contributed by atoms with Crippen LogP contribution in [0.5, 0.6) is 0 Å². The van der Waals surface area contributed by atoms with Crippen molar-refractivity contribution in [1.29, 1.82) is 0 Å². The summed E-state index contributed by atoms with van der Waals surface area (Å²) >= 11 is 0. The maximum atomic E-state index is 6.70. The first kappa shape index (κ1) is 26.8. The van der Waals surface area contributed by atoms with Crippen LogP contribution in [-0.2, 0) is 21.0 Å². The summed E-state index contributed by atoms with van der Waals surface area (Å²) in [6, 6.07) is 35.9. The van der Waals surface area contributed by atoms with Gasteiger partial charge in [-0.25, -0.2) is 9.78 Å². The highest BCUT2D eigenvalue weighted by Crippen LogP contribution is 2.70. The predicted octanol–water partition coefficient (Wildman–Crippen LogP) is 9.90. The molecular weight excluding hydrogens is 540 g/mol. The first-order valence-corrected chi connectivity index (χ1v) is 17.1. The summed E-state index contributed by atoms with van der Waals surface area (Å²) in [6.07, 6.45) is 13.4. The number of rotatable bonds is 4. The fraction of sp³-hybridized carbons (Fsp3) is 0.400. The Kier molecular flexibility index (Phi) is 6.39. The van der Waals surface area contributed by atoms with E-state index in [0.29, 0.717) is 11.8 Å². The normalized spacial score (nSPS) is 21.7. The summed E-state index contributed by atoms with van der Waals surface area (Å²) in [5.74, 6) is 1.41. The van der Waals surface area contributed by atoms with Gasteiger partial charge in [0.25, 0.3) is 0 Å². The molecule has 0 amide bonds. The summed E-state index contributed by atoms with van der Waals surface area (Å²) in [4.78, 5) is 18.6. The van der Waals surface area contributed by atoms with E-state index in [-0.39, 0.29) is 0 Å². The maximum Gasteiger partial charge on any atom is 0.198 e. The van der Waals surface area contributed by atoms with E-state index < -0.39 is 11.2 Å². The van der Waals surface area contributed by atoms with Crippen molar-refractivity contribution in [2.75, 3.05) is 22.9 Å². The Balaban J connectivity index is 1.25.